The maximum absolute atomic E-state index is 12.1. The van der Waals surface area contributed by atoms with Crippen molar-refractivity contribution in [3.63, 3.8) is 0 Å². The smallest absolute Gasteiger partial charge is 0.323 e. The van der Waals surface area contributed by atoms with Crippen LogP contribution in [0.5, 0.6) is 0 Å². The predicted octanol–water partition coefficient (Wildman–Crippen LogP) is 3.36. The maximum atomic E-state index is 12.1. The zero-order valence-corrected chi connectivity index (χ0v) is 13.2. The molecule has 19 heavy (non-hydrogen) atoms. The Morgan fingerprint density at radius 2 is 1.89 bits per heavy atom. The third kappa shape index (κ3) is 5.13. The molecule has 0 aromatic rings. The normalized spacial score (nSPS) is 29.6. The lowest BCUT2D eigenvalue weighted by Crippen LogP contribution is -2.41. The van der Waals surface area contributed by atoms with Gasteiger partial charge in [0.25, 0.3) is 0 Å². The summed E-state index contributed by atoms with van der Waals surface area (Å²) in [7, 11) is 0. The van der Waals surface area contributed by atoms with Gasteiger partial charge in [0.05, 0.1) is 0 Å². The minimum Gasteiger partial charge on any atom is -0.461 e. The van der Waals surface area contributed by atoms with Crippen LogP contribution >= 0.6 is 0 Å². The molecule has 0 aromatic carbocycles. The zero-order valence-electron chi connectivity index (χ0n) is 13.2. The Balaban J connectivity index is 2.58. The first-order valence-electron chi connectivity index (χ1n) is 7.77. The summed E-state index contributed by atoms with van der Waals surface area (Å²) in [5, 5.41) is 0. The number of hydrogen-bond acceptors (Lipinski definition) is 3. The van der Waals surface area contributed by atoms with E-state index < -0.39 is 6.04 Å². The molecule has 0 spiro atoms. The number of rotatable bonds is 5. The van der Waals surface area contributed by atoms with Gasteiger partial charge in [-0.05, 0) is 42.9 Å². The average molecular weight is 269 g/mol. The average Bonchev–Trinajstić information content (AvgIpc) is 2.27. The number of esters is 1. The molecule has 0 aromatic heterocycles. The van der Waals surface area contributed by atoms with Crippen LogP contribution < -0.4 is 5.73 Å². The van der Waals surface area contributed by atoms with Crippen molar-refractivity contribution >= 4 is 5.97 Å². The first-order chi connectivity index (χ1) is 8.81. The lowest BCUT2D eigenvalue weighted by Gasteiger charge is -2.37. The van der Waals surface area contributed by atoms with Gasteiger partial charge in [-0.25, -0.2) is 0 Å². The summed E-state index contributed by atoms with van der Waals surface area (Å²) in [6.45, 7) is 10.8. The van der Waals surface area contributed by atoms with Crippen LogP contribution in [0.1, 0.15) is 60.3 Å². The van der Waals surface area contributed by atoms with Gasteiger partial charge in [-0.2, -0.15) is 0 Å². The van der Waals surface area contributed by atoms with E-state index in [1.54, 1.807) is 0 Å². The summed E-state index contributed by atoms with van der Waals surface area (Å²) in [6.07, 6.45) is 4.16. The maximum Gasteiger partial charge on any atom is 0.323 e. The van der Waals surface area contributed by atoms with Crippen molar-refractivity contribution in [3.05, 3.63) is 0 Å². The van der Waals surface area contributed by atoms with Crippen LogP contribution in [0.3, 0.4) is 0 Å². The SMILES string of the molecule is CC(C)C[C@H](N)C(=O)OC1CC(C)CCC1C(C)C. The van der Waals surface area contributed by atoms with Gasteiger partial charge in [-0.1, -0.05) is 41.0 Å². The Labute approximate surface area is 118 Å². The van der Waals surface area contributed by atoms with Crippen LogP contribution in [-0.4, -0.2) is 18.1 Å². The van der Waals surface area contributed by atoms with E-state index in [4.69, 9.17) is 10.5 Å². The highest BCUT2D eigenvalue weighted by molar-refractivity contribution is 5.75. The number of nitrogens with two attached hydrogens (primary N) is 1. The Morgan fingerprint density at radius 3 is 2.42 bits per heavy atom. The summed E-state index contributed by atoms with van der Waals surface area (Å²) >= 11 is 0. The minimum absolute atomic E-state index is 0.0643. The molecule has 3 heteroatoms. The van der Waals surface area contributed by atoms with Crippen LogP contribution in [0.25, 0.3) is 0 Å². The van der Waals surface area contributed by atoms with Crippen molar-refractivity contribution in [1.29, 1.82) is 0 Å². The molecule has 1 fully saturated rings. The standard InChI is InChI=1S/C16H31NO2/c1-10(2)8-14(17)16(18)19-15-9-12(5)6-7-13(15)11(3)4/h10-15H,6-9,17H2,1-5H3/t12?,13?,14-,15?/m0/s1. The fourth-order valence-electron chi connectivity index (χ4n) is 3.09. The van der Waals surface area contributed by atoms with Crippen molar-refractivity contribution in [3.8, 4) is 0 Å². The predicted molar refractivity (Wildman–Crippen MR) is 78.7 cm³/mol. The van der Waals surface area contributed by atoms with E-state index in [0.717, 1.165) is 12.8 Å². The summed E-state index contributed by atoms with van der Waals surface area (Å²) < 4.78 is 5.73. The molecule has 1 aliphatic rings. The summed E-state index contributed by atoms with van der Waals surface area (Å²) in [4.78, 5) is 12.1. The molecule has 2 N–H and O–H groups in total. The third-order valence-electron chi connectivity index (χ3n) is 4.26. The highest BCUT2D eigenvalue weighted by atomic mass is 16.5. The topological polar surface area (TPSA) is 52.3 Å². The quantitative estimate of drug-likeness (QED) is 0.779. The summed E-state index contributed by atoms with van der Waals surface area (Å²) in [6, 6.07) is -0.468. The van der Waals surface area contributed by atoms with Gasteiger partial charge in [0.1, 0.15) is 12.1 Å². The van der Waals surface area contributed by atoms with Gasteiger partial charge in [0.15, 0.2) is 0 Å². The molecule has 1 saturated carbocycles. The number of hydrogen-bond donors (Lipinski definition) is 1. The second kappa shape index (κ2) is 7.28. The monoisotopic (exact) mass is 269 g/mol. The molecular weight excluding hydrogens is 238 g/mol. The highest BCUT2D eigenvalue weighted by Gasteiger charge is 2.34. The number of carbonyl (C=O) groups is 1. The molecule has 1 rings (SSSR count). The van der Waals surface area contributed by atoms with E-state index in [-0.39, 0.29) is 12.1 Å². The van der Waals surface area contributed by atoms with Crippen LogP contribution in [-0.2, 0) is 9.53 Å². The third-order valence-corrected chi connectivity index (χ3v) is 4.26. The van der Waals surface area contributed by atoms with E-state index in [2.05, 4.69) is 34.6 Å². The lowest BCUT2D eigenvalue weighted by molar-refractivity contribution is -0.157. The van der Waals surface area contributed by atoms with E-state index >= 15 is 0 Å². The lowest BCUT2D eigenvalue weighted by atomic mass is 9.75. The van der Waals surface area contributed by atoms with E-state index in [1.165, 1.54) is 6.42 Å². The van der Waals surface area contributed by atoms with Crippen molar-refractivity contribution in [2.75, 3.05) is 0 Å². The van der Waals surface area contributed by atoms with Gasteiger partial charge in [0, 0.05) is 0 Å². The molecule has 0 radical (unpaired) electrons. The van der Waals surface area contributed by atoms with Crippen molar-refractivity contribution < 1.29 is 9.53 Å². The van der Waals surface area contributed by atoms with Crippen LogP contribution in [0.4, 0.5) is 0 Å². The molecule has 3 nitrogen and oxygen atoms in total. The first-order valence-corrected chi connectivity index (χ1v) is 7.77. The Hall–Kier alpha value is -0.570. The van der Waals surface area contributed by atoms with Crippen LogP contribution in [0.2, 0.25) is 0 Å². The van der Waals surface area contributed by atoms with E-state index in [0.29, 0.717) is 30.1 Å². The van der Waals surface area contributed by atoms with Gasteiger partial charge in [-0.15, -0.1) is 0 Å². The fourth-order valence-corrected chi connectivity index (χ4v) is 3.09. The highest BCUT2D eigenvalue weighted by Crippen LogP contribution is 2.35. The van der Waals surface area contributed by atoms with Gasteiger partial charge in [0.2, 0.25) is 0 Å². The van der Waals surface area contributed by atoms with Crippen LogP contribution in [0.15, 0.2) is 0 Å². The molecule has 1 aliphatic carbocycles. The number of ether oxygens (including phenoxy) is 1. The van der Waals surface area contributed by atoms with Crippen molar-refractivity contribution in [2.45, 2.75) is 72.4 Å². The molecule has 0 saturated heterocycles. The van der Waals surface area contributed by atoms with Crippen molar-refractivity contribution in [1.82, 2.24) is 0 Å². The second-order valence-corrected chi connectivity index (χ2v) is 7.04. The van der Waals surface area contributed by atoms with Gasteiger partial charge < -0.3 is 10.5 Å². The fraction of sp³-hybridized carbons (Fsp3) is 0.938. The zero-order chi connectivity index (χ0) is 14.6. The minimum atomic E-state index is -0.468. The molecule has 0 bridgehead atoms. The summed E-state index contributed by atoms with van der Waals surface area (Å²) in [5.41, 5.74) is 5.92. The molecule has 0 aliphatic heterocycles. The largest absolute Gasteiger partial charge is 0.461 e. The molecule has 3 unspecified atom stereocenters. The Morgan fingerprint density at radius 1 is 1.26 bits per heavy atom. The van der Waals surface area contributed by atoms with E-state index in [1.807, 2.05) is 0 Å². The first kappa shape index (κ1) is 16.5. The van der Waals surface area contributed by atoms with Gasteiger partial charge in [-0.3, -0.25) is 4.79 Å². The van der Waals surface area contributed by atoms with Crippen molar-refractivity contribution in [2.24, 2.45) is 29.4 Å². The number of carbonyl (C=O) groups excluding carboxylic acids is 1. The van der Waals surface area contributed by atoms with E-state index in [9.17, 15) is 4.79 Å². The van der Waals surface area contributed by atoms with Gasteiger partial charge >= 0.3 is 5.97 Å². The summed E-state index contributed by atoms with van der Waals surface area (Å²) in [5.74, 6) is 1.92. The molecular formula is C16H31NO2. The molecule has 0 amide bonds. The Kier molecular flexibility index (Phi) is 6.31. The Bertz CT molecular complexity index is 288. The molecule has 112 valence electrons. The second-order valence-electron chi connectivity index (χ2n) is 7.04. The molecule has 0 heterocycles. The molecule has 4 atom stereocenters. The van der Waals surface area contributed by atoms with Crippen LogP contribution in [0, 0.1) is 23.7 Å².